The highest BCUT2D eigenvalue weighted by Crippen LogP contribution is 2.20. The molecule has 0 N–H and O–H groups in total. The van der Waals surface area contributed by atoms with Crippen molar-refractivity contribution in [2.24, 2.45) is 7.05 Å². The number of hydrogen-bond donors (Lipinski definition) is 0. The molecule has 0 unspecified atom stereocenters. The van der Waals surface area contributed by atoms with Crippen LogP contribution in [0.4, 0.5) is 0 Å². The van der Waals surface area contributed by atoms with Crippen molar-refractivity contribution >= 4 is 0 Å². The van der Waals surface area contributed by atoms with E-state index in [2.05, 4.69) is 0 Å². The van der Waals surface area contributed by atoms with E-state index >= 15 is 0 Å². The summed E-state index contributed by atoms with van der Waals surface area (Å²) in [5, 5.41) is 0. The van der Waals surface area contributed by atoms with Crippen LogP contribution in [0.5, 0.6) is 0 Å². The normalized spacial score (nSPS) is 14.1. The van der Waals surface area contributed by atoms with E-state index in [9.17, 15) is 0 Å². The minimum absolute atomic E-state index is 0.390. The van der Waals surface area contributed by atoms with Gasteiger partial charge in [0.05, 0.1) is 0 Å². The second kappa shape index (κ2) is 4.09. The number of aryl methyl sites for hydroxylation is 3. The summed E-state index contributed by atoms with van der Waals surface area (Å²) in [5.74, 6) is 0. The molecule has 2 rings (SSSR count). The van der Waals surface area contributed by atoms with Crippen molar-refractivity contribution in [3.05, 3.63) is 53.2 Å². The van der Waals surface area contributed by atoms with Crippen LogP contribution in [-0.2, 0) is 7.05 Å². The zero-order valence-corrected chi connectivity index (χ0v) is 9.91. The quantitative estimate of drug-likeness (QED) is 0.644. The second-order valence-corrected chi connectivity index (χ2v) is 4.14. The van der Waals surface area contributed by atoms with E-state index < -0.39 is 6.85 Å². The van der Waals surface area contributed by atoms with Gasteiger partial charge >= 0.3 is 0 Å². The molecule has 2 aromatic rings. The Morgan fingerprint density at radius 2 is 1.88 bits per heavy atom. The van der Waals surface area contributed by atoms with Gasteiger partial charge < -0.3 is 0 Å². The first-order valence-corrected chi connectivity index (χ1v) is 5.38. The first-order valence-electron chi connectivity index (χ1n) is 6.88. The molecule has 0 spiro atoms. The molecule has 0 aliphatic heterocycles. The van der Waals surface area contributed by atoms with Crippen LogP contribution in [0.25, 0.3) is 11.3 Å². The predicted molar refractivity (Wildman–Crippen MR) is 67.3 cm³/mol. The summed E-state index contributed by atoms with van der Waals surface area (Å²) < 4.78 is 24.8. The molecule has 0 aliphatic carbocycles. The first kappa shape index (κ1) is 7.61. The maximum atomic E-state index is 7.58. The molecule has 0 radical (unpaired) electrons. The topological polar surface area (TPSA) is 3.88 Å². The fraction of sp³-hybridized carbons (Fsp3) is 0.267. The molecule has 0 atom stereocenters. The van der Waals surface area contributed by atoms with Crippen molar-refractivity contribution in [1.82, 2.24) is 0 Å². The van der Waals surface area contributed by atoms with Crippen molar-refractivity contribution < 1.29 is 8.68 Å². The Balaban J connectivity index is 2.70. The van der Waals surface area contributed by atoms with Crippen molar-refractivity contribution in [3.8, 4) is 11.3 Å². The van der Waals surface area contributed by atoms with E-state index in [-0.39, 0.29) is 0 Å². The van der Waals surface area contributed by atoms with E-state index in [1.165, 1.54) is 0 Å². The Labute approximate surface area is 102 Å². The largest absolute Gasteiger partial charge is 0.212 e. The van der Waals surface area contributed by atoms with E-state index in [1.807, 2.05) is 49.7 Å². The minimum Gasteiger partial charge on any atom is -0.199 e. The Morgan fingerprint density at radius 3 is 2.56 bits per heavy atom. The van der Waals surface area contributed by atoms with Gasteiger partial charge in [0.25, 0.3) is 0 Å². The minimum atomic E-state index is -2.07. The average Bonchev–Trinajstić information content (AvgIpc) is 2.32. The highest BCUT2D eigenvalue weighted by molar-refractivity contribution is 5.61. The number of benzene rings is 1. The van der Waals surface area contributed by atoms with Crippen LogP contribution in [0, 0.1) is 20.7 Å². The fourth-order valence-corrected chi connectivity index (χ4v) is 1.92. The summed E-state index contributed by atoms with van der Waals surface area (Å²) in [6, 6.07) is 11.5. The van der Waals surface area contributed by atoms with Gasteiger partial charge in [0.15, 0.2) is 5.69 Å². The van der Waals surface area contributed by atoms with Crippen LogP contribution in [0.3, 0.4) is 0 Å². The molecule has 82 valence electrons. The van der Waals surface area contributed by atoms with Crippen LogP contribution >= 0.6 is 0 Å². The third kappa shape index (κ3) is 1.85. The van der Waals surface area contributed by atoms with Gasteiger partial charge in [0.2, 0.25) is 5.69 Å². The van der Waals surface area contributed by atoms with Gasteiger partial charge in [0.1, 0.15) is 7.05 Å². The molecular formula is C15H18N+. The first-order chi connectivity index (χ1) is 8.80. The van der Waals surface area contributed by atoms with Crippen molar-refractivity contribution in [2.45, 2.75) is 20.7 Å². The Kier molecular flexibility index (Phi) is 1.95. The Hall–Kier alpha value is -1.63. The van der Waals surface area contributed by atoms with Crippen LogP contribution in [0.15, 0.2) is 36.4 Å². The van der Waals surface area contributed by atoms with Crippen LogP contribution in [-0.4, -0.2) is 0 Å². The van der Waals surface area contributed by atoms with Crippen LogP contribution in [0.2, 0.25) is 0 Å². The van der Waals surface area contributed by atoms with Crippen LogP contribution in [0.1, 0.15) is 20.9 Å². The van der Waals surface area contributed by atoms with E-state index in [1.54, 1.807) is 12.1 Å². The van der Waals surface area contributed by atoms with Crippen LogP contribution < -0.4 is 4.57 Å². The van der Waals surface area contributed by atoms with Gasteiger partial charge in [-0.15, -0.1) is 0 Å². The molecular weight excluding hydrogens is 194 g/mol. The number of nitrogens with zero attached hydrogens (tertiary/aromatic N) is 1. The summed E-state index contributed by atoms with van der Waals surface area (Å²) in [5.41, 5.74) is 4.47. The molecule has 0 bridgehead atoms. The van der Waals surface area contributed by atoms with Crippen molar-refractivity contribution in [2.75, 3.05) is 0 Å². The number of aromatic nitrogens is 1. The number of pyridine rings is 1. The molecule has 16 heavy (non-hydrogen) atoms. The number of rotatable bonds is 1. The third-order valence-corrected chi connectivity index (χ3v) is 2.97. The molecule has 0 amide bonds. The third-order valence-electron chi connectivity index (χ3n) is 2.97. The molecule has 1 nitrogen and oxygen atoms in total. The lowest BCUT2D eigenvalue weighted by Crippen LogP contribution is -2.34. The van der Waals surface area contributed by atoms with Gasteiger partial charge in [-0.25, -0.2) is 0 Å². The number of hydrogen-bond acceptors (Lipinski definition) is 0. The smallest absolute Gasteiger partial charge is 0.199 e. The van der Waals surface area contributed by atoms with Crippen molar-refractivity contribution in [3.63, 3.8) is 0 Å². The highest BCUT2D eigenvalue weighted by Gasteiger charge is 2.14. The summed E-state index contributed by atoms with van der Waals surface area (Å²) in [6.45, 7) is 1.89. The zero-order valence-electron chi connectivity index (χ0n) is 12.9. The lowest BCUT2D eigenvalue weighted by atomic mass is 10.0. The second-order valence-electron chi connectivity index (χ2n) is 4.14. The zero-order chi connectivity index (χ0) is 14.2. The SMILES string of the molecule is [2H]C([2H])([2H])c1cc(C)[n+](C)c(-c2ccccc2C)c1. The highest BCUT2D eigenvalue weighted by atomic mass is 14.9. The summed E-state index contributed by atoms with van der Waals surface area (Å²) in [7, 11) is 1.96. The molecule has 1 aromatic heterocycles. The summed E-state index contributed by atoms with van der Waals surface area (Å²) in [4.78, 5) is 0. The summed E-state index contributed by atoms with van der Waals surface area (Å²) >= 11 is 0. The Bertz CT molecular complexity index is 615. The van der Waals surface area contributed by atoms with E-state index in [0.717, 1.165) is 22.5 Å². The Morgan fingerprint density at radius 1 is 1.12 bits per heavy atom. The van der Waals surface area contributed by atoms with Gasteiger partial charge in [0, 0.05) is 28.7 Å². The summed E-state index contributed by atoms with van der Waals surface area (Å²) in [6.07, 6.45) is 0. The van der Waals surface area contributed by atoms with Crippen molar-refractivity contribution in [1.29, 1.82) is 0 Å². The molecule has 1 aromatic carbocycles. The lowest BCUT2D eigenvalue weighted by molar-refractivity contribution is -0.666. The maximum Gasteiger partial charge on any atom is 0.212 e. The standard InChI is InChI=1S/C15H18N/c1-11-9-13(3)16(4)15(10-11)14-8-6-5-7-12(14)2/h5-10H,1-4H3/q+1/i1D3. The molecule has 0 aliphatic rings. The van der Waals surface area contributed by atoms with Gasteiger partial charge in [-0.3, -0.25) is 0 Å². The predicted octanol–water partition coefficient (Wildman–Crippen LogP) is 3.10. The van der Waals surface area contributed by atoms with E-state index in [0.29, 0.717) is 5.56 Å². The fourth-order valence-electron chi connectivity index (χ4n) is 1.92. The monoisotopic (exact) mass is 215 g/mol. The van der Waals surface area contributed by atoms with Gasteiger partial charge in [-0.05, 0) is 31.0 Å². The molecule has 0 saturated heterocycles. The molecule has 1 heteroatoms. The van der Waals surface area contributed by atoms with Gasteiger partial charge in [-0.2, -0.15) is 4.57 Å². The molecule has 0 fully saturated rings. The lowest BCUT2D eigenvalue weighted by Gasteiger charge is -2.06. The van der Waals surface area contributed by atoms with E-state index in [4.69, 9.17) is 4.11 Å². The molecule has 1 heterocycles. The maximum absolute atomic E-state index is 7.58. The average molecular weight is 215 g/mol. The molecule has 0 saturated carbocycles. The van der Waals surface area contributed by atoms with Gasteiger partial charge in [-0.1, -0.05) is 18.2 Å².